The van der Waals surface area contributed by atoms with E-state index in [2.05, 4.69) is 37.2 Å². The first-order chi connectivity index (χ1) is 37.2. The summed E-state index contributed by atoms with van der Waals surface area (Å²) in [5.74, 6) is -11.3. The maximum Gasteiger partial charge on any atom is 0.326 e. The van der Waals surface area contributed by atoms with Crippen LogP contribution in [0.4, 0.5) is 0 Å². The Morgan fingerprint density at radius 2 is 0.987 bits per heavy atom. The van der Waals surface area contributed by atoms with Crippen molar-refractivity contribution < 1.29 is 73.2 Å². The highest BCUT2D eigenvalue weighted by atomic mass is 16.4. The van der Waals surface area contributed by atoms with Gasteiger partial charge in [0, 0.05) is 19.4 Å². The number of hydrogen-bond donors (Lipinski definition) is 14. The van der Waals surface area contributed by atoms with Crippen molar-refractivity contribution >= 4 is 65.2 Å². The number of carbonyl (C=O) groups excluding carboxylic acids is 8. The van der Waals surface area contributed by atoms with Gasteiger partial charge in [0.2, 0.25) is 47.3 Å². The lowest BCUT2D eigenvalue weighted by Gasteiger charge is -2.32. The van der Waals surface area contributed by atoms with Gasteiger partial charge in [-0.15, -0.1) is 0 Å². The Hall–Kier alpha value is -6.93. The zero-order valence-electron chi connectivity index (χ0n) is 46.4. The van der Waals surface area contributed by atoms with Crippen LogP contribution in [0, 0.1) is 17.8 Å². The summed E-state index contributed by atoms with van der Waals surface area (Å²) in [5.41, 5.74) is 18.3. The molecule has 0 radical (unpaired) electrons. The molecule has 0 spiro atoms. The van der Waals surface area contributed by atoms with Crippen molar-refractivity contribution in [2.24, 2.45) is 35.0 Å². The van der Waals surface area contributed by atoms with E-state index in [-0.39, 0.29) is 75.7 Å². The molecule has 26 heteroatoms. The van der Waals surface area contributed by atoms with E-state index in [1.54, 1.807) is 39.8 Å². The van der Waals surface area contributed by atoms with Gasteiger partial charge in [-0.3, -0.25) is 47.9 Å². The Morgan fingerprint density at radius 3 is 1.46 bits per heavy atom. The van der Waals surface area contributed by atoms with Crippen molar-refractivity contribution in [1.29, 1.82) is 0 Å². The predicted molar refractivity (Wildman–Crippen MR) is 289 cm³/mol. The Morgan fingerprint density at radius 1 is 0.557 bits per heavy atom. The summed E-state index contributed by atoms with van der Waals surface area (Å²) in [7, 11) is 0. The van der Waals surface area contributed by atoms with Crippen LogP contribution >= 0.6 is 0 Å². The molecule has 8 amide bonds. The maximum absolute atomic E-state index is 14.5. The van der Waals surface area contributed by atoms with Gasteiger partial charge in [-0.2, -0.15) is 0 Å². The first-order valence-corrected chi connectivity index (χ1v) is 27.2. The summed E-state index contributed by atoms with van der Waals surface area (Å²) in [5, 5.41) is 56.6. The number of phenolic OH excluding ortho intramolecular Hbond substituents is 1. The molecule has 0 aliphatic carbocycles. The molecule has 79 heavy (non-hydrogen) atoms. The van der Waals surface area contributed by atoms with E-state index >= 15 is 0 Å². The lowest BCUT2D eigenvalue weighted by molar-refractivity contribution is -0.144. The SMILES string of the molecule is CC(C)C[C@H](NC(=O)[C@H](CCC(=O)O)NC(=O)[C@H](CCCCN)NC(=O)[C@@H](NC(=O)[C@@H]1CCCN1C(=O)[C@H](CCC(=O)O)NC(=O)[C@H](CCCCN)NC(=O)[C@H](CC(C)C)NC(=O)[C@@H](N)Cc1ccc(O)cc1)C(C)C)C(=O)O. The topological polar surface area (TPSA) is 434 Å². The van der Waals surface area contributed by atoms with Gasteiger partial charge in [-0.1, -0.05) is 53.7 Å². The molecule has 444 valence electrons. The highest BCUT2D eigenvalue weighted by molar-refractivity contribution is 5.98. The fourth-order valence-electron chi connectivity index (χ4n) is 8.88. The first kappa shape index (κ1) is 68.2. The lowest BCUT2D eigenvalue weighted by Crippen LogP contribution is -2.61. The van der Waals surface area contributed by atoms with Gasteiger partial charge in [-0.25, -0.2) is 4.79 Å². The smallest absolute Gasteiger partial charge is 0.326 e. The monoisotopic (exact) mass is 1120 g/mol. The van der Waals surface area contributed by atoms with Gasteiger partial charge in [-0.05, 0) is 132 Å². The Bertz CT molecular complexity index is 2210. The minimum Gasteiger partial charge on any atom is -0.508 e. The predicted octanol–water partition coefficient (Wildman–Crippen LogP) is -0.533. The normalized spacial score (nSPS) is 16.3. The van der Waals surface area contributed by atoms with Gasteiger partial charge < -0.3 is 79.7 Å². The van der Waals surface area contributed by atoms with Crippen LogP contribution in [0.15, 0.2) is 24.3 Å². The molecule has 1 saturated heterocycles. The number of carbonyl (C=O) groups is 11. The number of likely N-dealkylation sites (tertiary alicyclic amines) is 1. The van der Waals surface area contributed by atoms with Crippen molar-refractivity contribution in [2.75, 3.05) is 19.6 Å². The molecular formula is C53H87N11O15. The molecule has 1 aliphatic heterocycles. The third-order valence-electron chi connectivity index (χ3n) is 13.2. The van der Waals surface area contributed by atoms with E-state index in [1.165, 1.54) is 17.0 Å². The van der Waals surface area contributed by atoms with Crippen LogP contribution < -0.4 is 54.4 Å². The molecule has 1 heterocycles. The minimum absolute atomic E-state index is 0.00171. The number of carboxylic acid groups (broad SMARTS) is 3. The summed E-state index contributed by atoms with van der Waals surface area (Å²) in [6.45, 7) is 10.8. The van der Waals surface area contributed by atoms with Crippen LogP contribution in [0.25, 0.3) is 0 Å². The molecule has 9 atom stereocenters. The van der Waals surface area contributed by atoms with Gasteiger partial charge in [0.1, 0.15) is 54.1 Å². The third-order valence-corrected chi connectivity index (χ3v) is 13.2. The van der Waals surface area contributed by atoms with Crippen LogP contribution in [0.1, 0.15) is 137 Å². The van der Waals surface area contributed by atoms with E-state index in [4.69, 9.17) is 17.2 Å². The van der Waals surface area contributed by atoms with Crippen LogP contribution in [0.2, 0.25) is 0 Å². The standard InChI is InChI=1S/C53H87N11O15/c1-29(2)26-39(61-45(70)34(56)28-32-15-17-33(65)18-16-32)49(74)57-35(12-7-9-23-54)47(72)60-38(20-22-43(68)69)52(77)64-25-11-14-41(64)50(75)63-44(31(5)6)51(76)59-36(13-8-10-24-55)46(71)58-37(19-21-42(66)67)48(73)62-40(53(78)79)27-30(3)4/h15-18,29-31,34-41,44,65H,7-14,19-28,54-56H2,1-6H3,(H,57,74)(H,58,71)(H,59,76)(H,60,72)(H,61,70)(H,62,73)(H,63,75)(H,66,67)(H,68,69)(H,78,79)/t34-,35-,36-,37-,38-,39-,40-,41-,44-/m0/s1. The summed E-state index contributed by atoms with van der Waals surface area (Å²) in [6, 6.07) is -5.69. The molecule has 1 aromatic carbocycles. The summed E-state index contributed by atoms with van der Waals surface area (Å²) in [4.78, 5) is 148. The van der Waals surface area contributed by atoms with Crippen LogP contribution in [0.5, 0.6) is 5.75 Å². The molecule has 26 nitrogen and oxygen atoms in total. The molecule has 0 aromatic heterocycles. The maximum atomic E-state index is 14.5. The number of aromatic hydroxyl groups is 1. The zero-order valence-corrected chi connectivity index (χ0v) is 46.4. The molecule has 0 saturated carbocycles. The second-order valence-electron chi connectivity index (χ2n) is 21.3. The zero-order chi connectivity index (χ0) is 59.5. The number of phenols is 1. The third kappa shape index (κ3) is 24.7. The number of nitrogens with one attached hydrogen (secondary N) is 7. The largest absolute Gasteiger partial charge is 0.508 e. The quantitative estimate of drug-likeness (QED) is 0.0372. The molecule has 0 unspecified atom stereocenters. The van der Waals surface area contributed by atoms with Crippen molar-refractivity contribution in [3.63, 3.8) is 0 Å². The van der Waals surface area contributed by atoms with E-state index in [0.717, 1.165) is 0 Å². The summed E-state index contributed by atoms with van der Waals surface area (Å²) < 4.78 is 0. The average molecular weight is 1120 g/mol. The summed E-state index contributed by atoms with van der Waals surface area (Å²) in [6.07, 6.45) is 0.239. The lowest BCUT2D eigenvalue weighted by atomic mass is 10.00. The van der Waals surface area contributed by atoms with Crippen molar-refractivity contribution in [3.8, 4) is 5.75 Å². The second kappa shape index (κ2) is 34.8. The number of nitrogens with two attached hydrogens (primary N) is 3. The van der Waals surface area contributed by atoms with Crippen molar-refractivity contribution in [1.82, 2.24) is 42.1 Å². The van der Waals surface area contributed by atoms with Crippen molar-refractivity contribution in [2.45, 2.75) is 192 Å². The first-order valence-electron chi connectivity index (χ1n) is 27.2. The number of unbranched alkanes of at least 4 members (excludes halogenated alkanes) is 2. The molecule has 0 bridgehead atoms. The van der Waals surface area contributed by atoms with Crippen LogP contribution in [-0.4, -0.2) is 165 Å². The summed E-state index contributed by atoms with van der Waals surface area (Å²) >= 11 is 0. The number of rotatable bonds is 37. The van der Waals surface area contributed by atoms with E-state index < -0.39 is 151 Å². The van der Waals surface area contributed by atoms with Crippen molar-refractivity contribution in [3.05, 3.63) is 29.8 Å². The van der Waals surface area contributed by atoms with Gasteiger partial charge in [0.25, 0.3) is 0 Å². The average Bonchev–Trinajstić information content (AvgIpc) is 3.89. The number of benzene rings is 1. The fourth-order valence-corrected chi connectivity index (χ4v) is 8.88. The minimum atomic E-state index is -1.52. The van der Waals surface area contributed by atoms with Gasteiger partial charge in [0.15, 0.2) is 0 Å². The number of nitrogens with zero attached hydrogens (tertiary/aromatic N) is 1. The molecule has 1 aromatic rings. The van der Waals surface area contributed by atoms with Crippen LogP contribution in [0.3, 0.4) is 0 Å². The van der Waals surface area contributed by atoms with E-state index in [9.17, 15) is 73.2 Å². The van der Waals surface area contributed by atoms with E-state index in [0.29, 0.717) is 37.7 Å². The fraction of sp³-hybridized carbons (Fsp3) is 0.679. The molecular weight excluding hydrogens is 1030 g/mol. The van der Waals surface area contributed by atoms with Gasteiger partial charge in [0.05, 0.1) is 6.04 Å². The Kier molecular flexibility index (Phi) is 30.1. The van der Waals surface area contributed by atoms with Crippen LogP contribution in [-0.2, 0) is 59.2 Å². The Labute approximate surface area is 461 Å². The van der Waals surface area contributed by atoms with Gasteiger partial charge >= 0.3 is 17.9 Å². The highest BCUT2D eigenvalue weighted by Gasteiger charge is 2.41. The number of aliphatic carboxylic acids is 3. The number of amides is 8. The molecule has 17 N–H and O–H groups in total. The number of carboxylic acids is 3. The van der Waals surface area contributed by atoms with E-state index in [1.807, 2.05) is 13.8 Å². The number of hydrogen-bond acceptors (Lipinski definition) is 15. The molecule has 1 aliphatic rings. The second-order valence-corrected chi connectivity index (χ2v) is 21.3. The Balaban J connectivity index is 2.37. The molecule has 1 fully saturated rings. The highest BCUT2D eigenvalue weighted by Crippen LogP contribution is 2.22. The molecule has 2 rings (SSSR count).